The zero-order chi connectivity index (χ0) is 32.9. The molecule has 0 radical (unpaired) electrons. The Morgan fingerprint density at radius 2 is 1.91 bits per heavy atom. The molecular weight excluding hydrogens is 629 g/mol. The Labute approximate surface area is 275 Å². The fourth-order valence-corrected chi connectivity index (χ4v) is 7.84. The molecule has 7 rings (SSSR count). The third kappa shape index (κ3) is 5.53. The molecule has 3 atom stereocenters. The molecule has 1 amide bonds. The van der Waals surface area contributed by atoms with Gasteiger partial charge in [-0.25, -0.2) is 13.2 Å². The Bertz CT molecular complexity index is 1950. The van der Waals surface area contributed by atoms with E-state index in [1.807, 2.05) is 29.2 Å². The fraction of sp³-hybridized carbons (Fsp3) is 0.371. The van der Waals surface area contributed by atoms with Crippen LogP contribution in [0.5, 0.6) is 6.01 Å². The average Bonchev–Trinajstić information content (AvgIpc) is 3.59. The Morgan fingerprint density at radius 3 is 2.70 bits per heavy atom. The van der Waals surface area contributed by atoms with Gasteiger partial charge in [-0.2, -0.15) is 15.2 Å². The Morgan fingerprint density at radius 1 is 1.11 bits per heavy atom. The van der Waals surface area contributed by atoms with E-state index < -0.39 is 35.3 Å². The van der Waals surface area contributed by atoms with Crippen LogP contribution in [0.3, 0.4) is 0 Å². The first-order chi connectivity index (χ1) is 22.7. The zero-order valence-corrected chi connectivity index (χ0v) is 26.3. The maximum atomic E-state index is 16.8. The second-order valence-corrected chi connectivity index (χ2v) is 12.9. The number of anilines is 1. The summed E-state index contributed by atoms with van der Waals surface area (Å²) in [6.07, 6.45) is 1.06. The minimum Gasteiger partial charge on any atom is -0.461 e. The molecule has 3 aromatic carbocycles. The van der Waals surface area contributed by atoms with Gasteiger partial charge in [-0.05, 0) is 42.5 Å². The highest BCUT2D eigenvalue weighted by Gasteiger charge is 2.49. The number of hydrogen-bond acceptors (Lipinski definition) is 7. The van der Waals surface area contributed by atoms with Crippen LogP contribution in [0.2, 0.25) is 5.02 Å². The number of benzene rings is 3. The lowest BCUT2D eigenvalue weighted by molar-refractivity contribution is -0.131. The summed E-state index contributed by atoms with van der Waals surface area (Å²) in [4.78, 5) is 27.1. The predicted molar refractivity (Wildman–Crippen MR) is 174 cm³/mol. The summed E-state index contributed by atoms with van der Waals surface area (Å²) in [5, 5.41) is 12.0. The molecule has 0 unspecified atom stereocenters. The number of carbonyl (C=O) groups is 1. The van der Waals surface area contributed by atoms with E-state index >= 15 is 4.39 Å². The molecule has 1 aromatic heterocycles. The minimum atomic E-state index is -1.10. The number of hydrogen-bond donors (Lipinski definition) is 0. The van der Waals surface area contributed by atoms with Gasteiger partial charge < -0.3 is 14.5 Å². The van der Waals surface area contributed by atoms with Crippen molar-refractivity contribution in [2.45, 2.75) is 43.4 Å². The number of carbonyl (C=O) groups excluding carboxylic acids is 1. The monoisotopic (exact) mass is 660 g/mol. The highest BCUT2D eigenvalue weighted by molar-refractivity contribution is 6.36. The van der Waals surface area contributed by atoms with E-state index in [0.29, 0.717) is 45.7 Å². The van der Waals surface area contributed by atoms with Gasteiger partial charge in [-0.1, -0.05) is 54.6 Å². The summed E-state index contributed by atoms with van der Waals surface area (Å²) in [5.74, 6) is -2.20. The van der Waals surface area contributed by atoms with Crippen molar-refractivity contribution >= 4 is 45.0 Å². The molecule has 3 aliphatic rings. The molecule has 8 nitrogen and oxygen atoms in total. The number of nitriles is 1. The van der Waals surface area contributed by atoms with Gasteiger partial charge >= 0.3 is 6.01 Å². The van der Waals surface area contributed by atoms with Crippen LogP contribution in [0.15, 0.2) is 60.9 Å². The maximum absolute atomic E-state index is 16.8. The van der Waals surface area contributed by atoms with Gasteiger partial charge in [0, 0.05) is 54.0 Å². The van der Waals surface area contributed by atoms with Crippen molar-refractivity contribution < 1.29 is 22.7 Å². The van der Waals surface area contributed by atoms with Gasteiger partial charge in [0.2, 0.25) is 0 Å². The van der Waals surface area contributed by atoms with Gasteiger partial charge in [-0.15, -0.1) is 0 Å². The third-order valence-electron chi connectivity index (χ3n) is 9.74. The molecule has 3 aliphatic heterocycles. The van der Waals surface area contributed by atoms with Crippen LogP contribution >= 0.6 is 11.6 Å². The van der Waals surface area contributed by atoms with Crippen molar-refractivity contribution in [2.24, 2.45) is 0 Å². The summed E-state index contributed by atoms with van der Waals surface area (Å²) in [5.41, 5.74) is 0.442. The quantitative estimate of drug-likeness (QED) is 0.206. The van der Waals surface area contributed by atoms with Crippen LogP contribution in [0.4, 0.5) is 19.0 Å². The first-order valence-electron chi connectivity index (χ1n) is 15.7. The van der Waals surface area contributed by atoms with Gasteiger partial charge in [0.25, 0.3) is 5.91 Å². The number of aromatic nitrogens is 2. The molecule has 242 valence electrons. The van der Waals surface area contributed by atoms with Crippen LogP contribution in [-0.4, -0.2) is 82.8 Å². The Balaban J connectivity index is 1.33. The molecule has 47 heavy (non-hydrogen) atoms. The Kier molecular flexibility index (Phi) is 8.18. The third-order valence-corrected chi connectivity index (χ3v) is 10.1. The first-order valence-corrected chi connectivity index (χ1v) is 16.0. The number of rotatable bonds is 7. The second kappa shape index (κ2) is 12.3. The second-order valence-electron chi connectivity index (χ2n) is 12.5. The lowest BCUT2D eigenvalue weighted by Gasteiger charge is -2.41. The molecule has 4 heterocycles. The van der Waals surface area contributed by atoms with E-state index in [1.165, 1.54) is 4.90 Å². The van der Waals surface area contributed by atoms with Crippen molar-refractivity contribution in [1.82, 2.24) is 19.8 Å². The van der Waals surface area contributed by atoms with Crippen molar-refractivity contribution in [3.8, 4) is 23.2 Å². The minimum absolute atomic E-state index is 0.0228. The normalized spacial score (nSPS) is 22.9. The summed E-state index contributed by atoms with van der Waals surface area (Å²) in [6.45, 7) is 4.89. The number of piperazine rings is 1. The van der Waals surface area contributed by atoms with Gasteiger partial charge in [-0.3, -0.25) is 9.69 Å². The lowest BCUT2D eigenvalue weighted by atomic mass is 9.95. The topological polar surface area (TPSA) is 85.6 Å². The molecule has 12 heteroatoms. The number of alkyl halides is 1. The molecule has 3 fully saturated rings. The van der Waals surface area contributed by atoms with Crippen molar-refractivity contribution in [1.29, 1.82) is 5.26 Å². The molecule has 3 saturated heterocycles. The van der Waals surface area contributed by atoms with Crippen LogP contribution in [0.1, 0.15) is 25.7 Å². The summed E-state index contributed by atoms with van der Waals surface area (Å²) in [6, 6.07) is 15.8. The predicted octanol–water partition coefficient (Wildman–Crippen LogP) is 6.61. The number of ether oxygens (including phenoxy) is 1. The average molecular weight is 661 g/mol. The summed E-state index contributed by atoms with van der Waals surface area (Å²) in [7, 11) is 0. The van der Waals surface area contributed by atoms with Gasteiger partial charge in [0.05, 0.1) is 24.1 Å². The summed E-state index contributed by atoms with van der Waals surface area (Å²) < 4.78 is 51.3. The smallest absolute Gasteiger partial charge is 0.319 e. The fourth-order valence-electron chi connectivity index (χ4n) is 7.56. The molecule has 0 spiro atoms. The highest BCUT2D eigenvalue weighted by Crippen LogP contribution is 2.42. The van der Waals surface area contributed by atoms with Crippen LogP contribution in [-0.2, 0) is 4.79 Å². The van der Waals surface area contributed by atoms with E-state index in [0.717, 1.165) is 24.8 Å². The van der Waals surface area contributed by atoms with E-state index in [4.69, 9.17) is 21.3 Å². The molecule has 0 aliphatic carbocycles. The highest BCUT2D eigenvalue weighted by atomic mass is 35.5. The number of amides is 1. The lowest BCUT2D eigenvalue weighted by Crippen LogP contribution is -2.55. The maximum Gasteiger partial charge on any atom is 0.319 e. The van der Waals surface area contributed by atoms with Gasteiger partial charge in [0.1, 0.15) is 24.1 Å². The van der Waals surface area contributed by atoms with Crippen LogP contribution in [0.25, 0.3) is 32.8 Å². The van der Waals surface area contributed by atoms with Crippen molar-refractivity contribution in [3.63, 3.8) is 0 Å². The standard InChI is InChI=1S/C35H32ClF3N6O2/c1-21(37)33(46)45-16-15-43(19-24(45)11-13-40)32-27-10-9-26(25-7-2-5-22-6-3-8-28(36)29(22)25)30(39)31(27)41-34(42-32)47-20-35-12-4-14-44(35)18-23(38)17-35/h2-3,5-10,23-24H,1,4,11-12,14-20H2/t23-,24+,35+/m1/s1. The van der Waals surface area contributed by atoms with E-state index in [9.17, 15) is 18.8 Å². The van der Waals surface area contributed by atoms with Crippen molar-refractivity contribution in [3.05, 3.63) is 71.8 Å². The van der Waals surface area contributed by atoms with E-state index in [1.54, 1.807) is 24.3 Å². The SMILES string of the molecule is C=C(F)C(=O)N1CCN(c2nc(OC[C@@]34CCCN3C[C@H](F)C4)nc3c(F)c(-c4cccc5cccc(Cl)c45)ccc23)C[C@@H]1CC#N. The van der Waals surface area contributed by atoms with Gasteiger partial charge in [0.15, 0.2) is 11.6 Å². The van der Waals surface area contributed by atoms with E-state index in [2.05, 4.69) is 22.5 Å². The molecule has 0 N–H and O–H groups in total. The summed E-state index contributed by atoms with van der Waals surface area (Å²) >= 11 is 6.60. The van der Waals surface area contributed by atoms with E-state index in [-0.39, 0.29) is 44.2 Å². The Hall–Kier alpha value is -4.40. The number of nitrogens with zero attached hydrogens (tertiary/aromatic N) is 6. The molecule has 0 bridgehead atoms. The number of fused-ring (bicyclic) bond motifs is 3. The molecular formula is C35H32ClF3N6O2. The van der Waals surface area contributed by atoms with Crippen molar-refractivity contribution in [2.75, 3.05) is 44.2 Å². The number of halogens is 4. The van der Waals surface area contributed by atoms with Crippen LogP contribution in [0, 0.1) is 17.1 Å². The molecule has 0 saturated carbocycles. The zero-order valence-electron chi connectivity index (χ0n) is 25.6. The largest absolute Gasteiger partial charge is 0.461 e. The van der Waals surface area contributed by atoms with Crippen LogP contribution < -0.4 is 9.64 Å². The molecule has 4 aromatic rings. The first kappa shape index (κ1) is 31.2.